The number of nitrogens with zero attached hydrogens (tertiary/aromatic N) is 3. The first-order valence-corrected chi connectivity index (χ1v) is 12.1. The van der Waals surface area contributed by atoms with E-state index in [0.29, 0.717) is 13.2 Å². The summed E-state index contributed by atoms with van der Waals surface area (Å²) in [7, 11) is -1.84. The third-order valence-electron chi connectivity index (χ3n) is 4.06. The van der Waals surface area contributed by atoms with E-state index < -0.39 is 31.5 Å². The zero-order valence-electron chi connectivity index (χ0n) is 15.2. The molecule has 0 aliphatic carbocycles. The van der Waals surface area contributed by atoms with E-state index in [4.69, 9.17) is 13.9 Å². The van der Waals surface area contributed by atoms with Crippen LogP contribution in [-0.4, -0.2) is 65.3 Å². The van der Waals surface area contributed by atoms with Gasteiger partial charge in [0.1, 0.15) is 0 Å². The molecule has 0 spiro atoms. The van der Waals surface area contributed by atoms with Gasteiger partial charge in [-0.15, -0.1) is 0 Å². The molecule has 3 heterocycles. The Bertz CT molecular complexity index is 777. The molecular weight excluding hydrogens is 362 g/mol. The maximum Gasteiger partial charge on any atom is 0.336 e. The first-order chi connectivity index (χ1) is 12.2. The number of aliphatic hydroxyl groups excluding tert-OH is 1. The van der Waals surface area contributed by atoms with Crippen LogP contribution in [-0.2, 0) is 33.5 Å². The summed E-state index contributed by atoms with van der Waals surface area (Å²) >= 11 is 0. The molecule has 10 nitrogen and oxygen atoms in total. The lowest BCUT2D eigenvalue weighted by Gasteiger charge is -2.21. The number of rotatable bonds is 9. The van der Waals surface area contributed by atoms with Crippen LogP contribution >= 0.6 is 0 Å². The van der Waals surface area contributed by atoms with Crippen molar-refractivity contribution in [3.05, 3.63) is 31.5 Å². The predicted octanol–water partition coefficient (Wildman–Crippen LogP) is -1.82. The first kappa shape index (κ1) is 19.2. The molecule has 2 saturated heterocycles. The van der Waals surface area contributed by atoms with Gasteiger partial charge in [0.25, 0.3) is 0 Å². The predicted molar refractivity (Wildman–Crippen MR) is 94.0 cm³/mol. The van der Waals surface area contributed by atoms with E-state index >= 15 is 0 Å². The summed E-state index contributed by atoms with van der Waals surface area (Å²) in [5.74, 6) is 0. The highest BCUT2D eigenvalue weighted by Gasteiger charge is 2.30. The van der Waals surface area contributed by atoms with Crippen LogP contribution in [0.25, 0.3) is 0 Å². The van der Waals surface area contributed by atoms with E-state index in [-0.39, 0.29) is 38.4 Å². The number of aliphatic hydroxyl groups is 1. The van der Waals surface area contributed by atoms with E-state index in [1.165, 1.54) is 0 Å². The standard InChI is InChI=1S/C15H25N3O7Si/c1-26(2,3)25-7-10(19)4-16-13(20)17(5-11-8-23-11)15(22)18(14(16)21)6-12-9-24-12/h10-12,19H,4-9H2,1-3H3. The third kappa shape index (κ3) is 4.80. The average molecular weight is 387 g/mol. The largest absolute Gasteiger partial charge is 0.415 e. The Morgan fingerprint density at radius 2 is 1.42 bits per heavy atom. The van der Waals surface area contributed by atoms with Gasteiger partial charge in [0.2, 0.25) is 0 Å². The van der Waals surface area contributed by atoms with Crippen LogP contribution in [0.15, 0.2) is 14.4 Å². The SMILES string of the molecule is C[Si](C)(C)OCC(O)Cn1c(=O)n(CC2CO2)c(=O)n(CC2CO2)c1=O. The Morgan fingerprint density at radius 1 is 1.00 bits per heavy atom. The minimum absolute atomic E-state index is 0.0260. The normalized spacial score (nSPS) is 23.1. The summed E-state index contributed by atoms with van der Waals surface area (Å²) in [4.78, 5) is 37.8. The topological polar surface area (TPSA) is 121 Å². The van der Waals surface area contributed by atoms with Crippen LogP contribution in [0.5, 0.6) is 0 Å². The summed E-state index contributed by atoms with van der Waals surface area (Å²) in [6.45, 7) is 6.85. The van der Waals surface area contributed by atoms with Crippen molar-refractivity contribution >= 4 is 8.32 Å². The number of ether oxygens (including phenoxy) is 2. The molecule has 1 aromatic rings. The summed E-state index contributed by atoms with van der Waals surface area (Å²) in [6, 6.07) is 0. The monoisotopic (exact) mass is 387 g/mol. The van der Waals surface area contributed by atoms with Gasteiger partial charge in [-0.2, -0.15) is 0 Å². The summed E-state index contributed by atoms with van der Waals surface area (Å²) in [5.41, 5.74) is -2.15. The highest BCUT2D eigenvalue weighted by molar-refractivity contribution is 6.69. The van der Waals surface area contributed by atoms with Crippen LogP contribution < -0.4 is 17.1 Å². The van der Waals surface area contributed by atoms with Gasteiger partial charge in [0, 0.05) is 0 Å². The molecular formula is C15H25N3O7Si. The molecule has 0 saturated carbocycles. The smallest absolute Gasteiger partial charge is 0.336 e. The molecule has 11 heteroatoms. The van der Waals surface area contributed by atoms with Crippen molar-refractivity contribution in [3.63, 3.8) is 0 Å². The number of aromatic nitrogens is 3. The molecule has 0 radical (unpaired) electrons. The Kier molecular flexibility index (Phi) is 5.35. The molecule has 2 aliphatic heterocycles. The van der Waals surface area contributed by atoms with E-state index in [1.54, 1.807) is 0 Å². The highest BCUT2D eigenvalue weighted by Crippen LogP contribution is 2.10. The van der Waals surface area contributed by atoms with Gasteiger partial charge in [0.15, 0.2) is 8.32 Å². The quantitative estimate of drug-likeness (QED) is 0.391. The molecule has 2 fully saturated rings. The molecule has 0 bridgehead atoms. The fourth-order valence-corrected chi connectivity index (χ4v) is 3.21. The van der Waals surface area contributed by atoms with Gasteiger partial charge in [-0.1, -0.05) is 0 Å². The summed E-state index contributed by atoms with van der Waals surface area (Å²) in [5, 5.41) is 10.2. The second-order valence-electron chi connectivity index (χ2n) is 7.67. The van der Waals surface area contributed by atoms with E-state index in [9.17, 15) is 19.5 Å². The Balaban J connectivity index is 1.90. The van der Waals surface area contributed by atoms with Gasteiger partial charge >= 0.3 is 17.1 Å². The van der Waals surface area contributed by atoms with Crippen molar-refractivity contribution in [1.82, 2.24) is 13.7 Å². The summed E-state index contributed by atoms with van der Waals surface area (Å²) < 4.78 is 18.7. The van der Waals surface area contributed by atoms with Gasteiger partial charge in [-0.25, -0.2) is 28.1 Å². The Morgan fingerprint density at radius 3 is 1.81 bits per heavy atom. The lowest BCUT2D eigenvalue weighted by atomic mass is 10.4. The van der Waals surface area contributed by atoms with Crippen molar-refractivity contribution in [2.75, 3.05) is 19.8 Å². The lowest BCUT2D eigenvalue weighted by molar-refractivity contribution is 0.0854. The molecule has 1 aromatic heterocycles. The van der Waals surface area contributed by atoms with Gasteiger partial charge in [0.05, 0.1) is 57.8 Å². The maximum absolute atomic E-state index is 12.6. The molecule has 2 aliphatic rings. The lowest BCUT2D eigenvalue weighted by Crippen LogP contribution is -2.56. The second-order valence-corrected chi connectivity index (χ2v) is 12.2. The van der Waals surface area contributed by atoms with Crippen LogP contribution in [0.1, 0.15) is 0 Å². The van der Waals surface area contributed by atoms with Gasteiger partial charge in [-0.3, -0.25) is 0 Å². The fraction of sp³-hybridized carbons (Fsp3) is 0.800. The van der Waals surface area contributed by atoms with Gasteiger partial charge in [-0.05, 0) is 19.6 Å². The van der Waals surface area contributed by atoms with Crippen LogP contribution in [0.2, 0.25) is 19.6 Å². The maximum atomic E-state index is 12.6. The molecule has 26 heavy (non-hydrogen) atoms. The minimum Gasteiger partial charge on any atom is -0.415 e. The molecule has 0 aromatic carbocycles. The summed E-state index contributed by atoms with van der Waals surface area (Å²) in [6.07, 6.45) is -1.42. The number of epoxide rings is 2. The number of hydrogen-bond acceptors (Lipinski definition) is 7. The van der Waals surface area contributed by atoms with Crippen LogP contribution in [0, 0.1) is 0 Å². The van der Waals surface area contributed by atoms with Crippen molar-refractivity contribution in [3.8, 4) is 0 Å². The molecule has 0 amide bonds. The Hall–Kier alpha value is -1.53. The van der Waals surface area contributed by atoms with Crippen molar-refractivity contribution in [2.45, 2.75) is 57.6 Å². The van der Waals surface area contributed by atoms with Crippen LogP contribution in [0.4, 0.5) is 0 Å². The highest BCUT2D eigenvalue weighted by atomic mass is 28.4. The average Bonchev–Trinajstić information content (AvgIpc) is 3.44. The molecule has 3 atom stereocenters. The minimum atomic E-state index is -1.84. The van der Waals surface area contributed by atoms with Crippen molar-refractivity contribution < 1.29 is 19.0 Å². The Labute approximate surface area is 150 Å². The molecule has 1 N–H and O–H groups in total. The van der Waals surface area contributed by atoms with E-state index in [0.717, 1.165) is 13.7 Å². The molecule has 3 unspecified atom stereocenters. The fourth-order valence-electron chi connectivity index (χ4n) is 2.51. The van der Waals surface area contributed by atoms with Crippen molar-refractivity contribution in [2.24, 2.45) is 0 Å². The van der Waals surface area contributed by atoms with Gasteiger partial charge < -0.3 is 19.0 Å². The van der Waals surface area contributed by atoms with Crippen LogP contribution in [0.3, 0.4) is 0 Å². The van der Waals surface area contributed by atoms with E-state index in [1.807, 2.05) is 19.6 Å². The molecule has 146 valence electrons. The van der Waals surface area contributed by atoms with Crippen molar-refractivity contribution in [1.29, 1.82) is 0 Å². The molecule has 3 rings (SSSR count). The zero-order chi connectivity index (χ0) is 19.1. The number of hydrogen-bond donors (Lipinski definition) is 1. The third-order valence-corrected chi connectivity index (χ3v) is 5.10. The first-order valence-electron chi connectivity index (χ1n) is 8.65. The second kappa shape index (κ2) is 7.23. The van der Waals surface area contributed by atoms with E-state index in [2.05, 4.69) is 0 Å². The zero-order valence-corrected chi connectivity index (χ0v) is 16.2.